The van der Waals surface area contributed by atoms with Gasteiger partial charge >= 0.3 is 0 Å². The first-order valence-corrected chi connectivity index (χ1v) is 6.89. The van der Waals surface area contributed by atoms with Crippen LogP contribution in [0.15, 0.2) is 30.5 Å². The summed E-state index contributed by atoms with van der Waals surface area (Å²) in [5, 5.41) is 18.5. The van der Waals surface area contributed by atoms with Crippen LogP contribution in [-0.2, 0) is 18.0 Å². The van der Waals surface area contributed by atoms with Crippen LogP contribution in [0.4, 0.5) is 0 Å². The maximum atomic E-state index is 11.3. The van der Waals surface area contributed by atoms with Crippen molar-refractivity contribution in [2.45, 2.75) is 20.1 Å². The van der Waals surface area contributed by atoms with Crippen LogP contribution in [0.1, 0.15) is 27.2 Å². The van der Waals surface area contributed by atoms with Gasteiger partial charge in [-0.2, -0.15) is 0 Å². The zero-order valence-electron chi connectivity index (χ0n) is 12.9. The standard InChI is InChI=1S/C16H18N2O5/c1-10-12(7-17-14(15(10)19)16(20)18-21)9-23-8-11-3-5-13(22-2)6-4-11/h3-7,19,21H,8-9H2,1-2H3,(H,18,20). The first-order valence-electron chi connectivity index (χ1n) is 6.89. The van der Waals surface area contributed by atoms with Crippen LogP contribution in [-0.4, -0.2) is 28.3 Å². The molecule has 1 amide bonds. The lowest BCUT2D eigenvalue weighted by Gasteiger charge is -2.11. The number of aromatic nitrogens is 1. The van der Waals surface area contributed by atoms with Crippen LogP contribution in [0.2, 0.25) is 0 Å². The molecule has 23 heavy (non-hydrogen) atoms. The van der Waals surface area contributed by atoms with Gasteiger partial charge in [0.2, 0.25) is 0 Å². The highest BCUT2D eigenvalue weighted by molar-refractivity contribution is 5.94. The van der Waals surface area contributed by atoms with E-state index in [9.17, 15) is 9.90 Å². The number of ether oxygens (including phenoxy) is 2. The Kier molecular flexibility index (Phi) is 5.51. The number of hydroxylamine groups is 1. The van der Waals surface area contributed by atoms with Crippen molar-refractivity contribution in [3.05, 3.63) is 52.8 Å². The minimum Gasteiger partial charge on any atom is -0.505 e. The molecule has 0 spiro atoms. The van der Waals surface area contributed by atoms with Gasteiger partial charge in [-0.15, -0.1) is 0 Å². The summed E-state index contributed by atoms with van der Waals surface area (Å²) in [6, 6.07) is 7.49. The molecule has 0 saturated carbocycles. The van der Waals surface area contributed by atoms with E-state index in [-0.39, 0.29) is 18.1 Å². The van der Waals surface area contributed by atoms with E-state index < -0.39 is 5.91 Å². The molecule has 0 bridgehead atoms. The first kappa shape index (κ1) is 16.7. The van der Waals surface area contributed by atoms with Crippen molar-refractivity contribution in [1.82, 2.24) is 10.5 Å². The summed E-state index contributed by atoms with van der Waals surface area (Å²) in [6.07, 6.45) is 1.44. The SMILES string of the molecule is COc1ccc(COCc2cnc(C(=O)NO)c(O)c2C)cc1. The predicted octanol–water partition coefficient (Wildman–Crippen LogP) is 1.94. The molecule has 0 radical (unpaired) electrons. The molecule has 3 N–H and O–H groups in total. The summed E-state index contributed by atoms with van der Waals surface area (Å²) in [4.78, 5) is 15.2. The summed E-state index contributed by atoms with van der Waals surface area (Å²) in [5.74, 6) is -0.366. The molecule has 0 atom stereocenters. The zero-order valence-corrected chi connectivity index (χ0v) is 12.9. The minimum atomic E-state index is -0.865. The van der Waals surface area contributed by atoms with Crippen molar-refractivity contribution >= 4 is 5.91 Å². The third-order valence-electron chi connectivity index (χ3n) is 3.41. The van der Waals surface area contributed by atoms with Gasteiger partial charge in [0.1, 0.15) is 11.5 Å². The van der Waals surface area contributed by atoms with Crippen molar-refractivity contribution in [3.8, 4) is 11.5 Å². The molecule has 2 aromatic rings. The number of aromatic hydroxyl groups is 1. The fourth-order valence-electron chi connectivity index (χ4n) is 2.00. The molecule has 2 rings (SSSR count). The molecule has 0 unspecified atom stereocenters. The number of methoxy groups -OCH3 is 1. The first-order chi connectivity index (χ1) is 11.1. The summed E-state index contributed by atoms with van der Waals surface area (Å²) < 4.78 is 10.7. The molecular formula is C16H18N2O5. The van der Waals surface area contributed by atoms with E-state index in [1.807, 2.05) is 24.3 Å². The number of carbonyl (C=O) groups excluding carboxylic acids is 1. The highest BCUT2D eigenvalue weighted by Crippen LogP contribution is 2.24. The molecule has 7 nitrogen and oxygen atoms in total. The average molecular weight is 318 g/mol. The molecule has 7 heteroatoms. The van der Waals surface area contributed by atoms with Crippen molar-refractivity contribution < 1.29 is 24.6 Å². The van der Waals surface area contributed by atoms with Crippen LogP contribution in [0, 0.1) is 6.92 Å². The maximum absolute atomic E-state index is 11.3. The van der Waals surface area contributed by atoms with Crippen molar-refractivity contribution in [2.24, 2.45) is 0 Å². The summed E-state index contributed by atoms with van der Waals surface area (Å²) in [5.41, 5.74) is 3.33. The highest BCUT2D eigenvalue weighted by Gasteiger charge is 2.16. The van der Waals surface area contributed by atoms with Gasteiger partial charge in [-0.3, -0.25) is 10.0 Å². The van der Waals surface area contributed by atoms with E-state index in [2.05, 4.69) is 4.98 Å². The smallest absolute Gasteiger partial charge is 0.297 e. The number of pyridine rings is 1. The van der Waals surface area contributed by atoms with E-state index in [1.54, 1.807) is 14.0 Å². The van der Waals surface area contributed by atoms with Crippen LogP contribution >= 0.6 is 0 Å². The molecular weight excluding hydrogens is 300 g/mol. The number of hydrogen-bond donors (Lipinski definition) is 3. The van der Waals surface area contributed by atoms with E-state index in [0.29, 0.717) is 17.7 Å². The van der Waals surface area contributed by atoms with Gasteiger partial charge < -0.3 is 14.6 Å². The molecule has 0 aliphatic heterocycles. The highest BCUT2D eigenvalue weighted by atomic mass is 16.5. The fourth-order valence-corrected chi connectivity index (χ4v) is 2.00. The molecule has 0 saturated heterocycles. The van der Waals surface area contributed by atoms with Gasteiger partial charge in [-0.05, 0) is 24.6 Å². The predicted molar refractivity (Wildman–Crippen MR) is 81.4 cm³/mol. The number of benzene rings is 1. The average Bonchev–Trinajstić information content (AvgIpc) is 2.58. The van der Waals surface area contributed by atoms with Crippen molar-refractivity contribution in [1.29, 1.82) is 0 Å². The van der Waals surface area contributed by atoms with Crippen molar-refractivity contribution in [2.75, 3.05) is 7.11 Å². The zero-order chi connectivity index (χ0) is 16.8. The second-order valence-electron chi connectivity index (χ2n) is 4.89. The summed E-state index contributed by atoms with van der Waals surface area (Å²) in [7, 11) is 1.61. The van der Waals surface area contributed by atoms with Gasteiger partial charge in [-0.25, -0.2) is 10.5 Å². The second-order valence-corrected chi connectivity index (χ2v) is 4.89. The number of nitrogens with zero attached hydrogens (tertiary/aromatic N) is 1. The second kappa shape index (κ2) is 7.57. The van der Waals surface area contributed by atoms with E-state index in [0.717, 1.165) is 11.3 Å². The Hall–Kier alpha value is -2.64. The Morgan fingerprint density at radius 3 is 2.57 bits per heavy atom. The number of nitrogens with one attached hydrogen (secondary N) is 1. The van der Waals surface area contributed by atoms with Gasteiger partial charge in [0.05, 0.1) is 20.3 Å². The Labute approximate surface area is 133 Å². The minimum absolute atomic E-state index is 0.232. The Morgan fingerprint density at radius 1 is 1.26 bits per heavy atom. The topological polar surface area (TPSA) is 101 Å². The number of carbonyl (C=O) groups is 1. The van der Waals surface area contributed by atoms with Crippen LogP contribution in [0.25, 0.3) is 0 Å². The Balaban J connectivity index is 2.00. The largest absolute Gasteiger partial charge is 0.505 e. The number of rotatable bonds is 6. The molecule has 1 heterocycles. The van der Waals surface area contributed by atoms with Crippen LogP contribution < -0.4 is 10.2 Å². The number of amides is 1. The third-order valence-corrected chi connectivity index (χ3v) is 3.41. The lowest BCUT2D eigenvalue weighted by atomic mass is 10.1. The molecule has 0 aliphatic rings. The van der Waals surface area contributed by atoms with Gasteiger partial charge in [0.15, 0.2) is 5.69 Å². The Bertz CT molecular complexity index is 686. The van der Waals surface area contributed by atoms with Crippen LogP contribution in [0.5, 0.6) is 11.5 Å². The normalized spacial score (nSPS) is 10.4. The van der Waals surface area contributed by atoms with E-state index in [4.69, 9.17) is 14.7 Å². The molecule has 0 fully saturated rings. The van der Waals surface area contributed by atoms with Gasteiger partial charge in [-0.1, -0.05) is 12.1 Å². The molecule has 1 aromatic carbocycles. The Morgan fingerprint density at radius 2 is 1.96 bits per heavy atom. The lowest BCUT2D eigenvalue weighted by Crippen LogP contribution is -2.20. The summed E-state index contributed by atoms with van der Waals surface area (Å²) in [6.45, 7) is 2.28. The van der Waals surface area contributed by atoms with Gasteiger partial charge in [0.25, 0.3) is 5.91 Å². The van der Waals surface area contributed by atoms with E-state index >= 15 is 0 Å². The lowest BCUT2D eigenvalue weighted by molar-refractivity contribution is 0.0696. The fraction of sp³-hybridized carbons (Fsp3) is 0.250. The van der Waals surface area contributed by atoms with Gasteiger partial charge in [0, 0.05) is 17.3 Å². The number of hydrogen-bond acceptors (Lipinski definition) is 6. The molecule has 1 aromatic heterocycles. The third kappa shape index (κ3) is 3.97. The quantitative estimate of drug-likeness (QED) is 0.556. The van der Waals surface area contributed by atoms with Crippen LogP contribution in [0.3, 0.4) is 0 Å². The maximum Gasteiger partial charge on any atom is 0.297 e. The summed E-state index contributed by atoms with van der Waals surface area (Å²) >= 11 is 0. The molecule has 122 valence electrons. The van der Waals surface area contributed by atoms with Crippen molar-refractivity contribution in [3.63, 3.8) is 0 Å². The van der Waals surface area contributed by atoms with E-state index in [1.165, 1.54) is 11.7 Å². The molecule has 0 aliphatic carbocycles. The monoisotopic (exact) mass is 318 g/mol.